The third-order valence-electron chi connectivity index (χ3n) is 3.70. The summed E-state index contributed by atoms with van der Waals surface area (Å²) in [7, 11) is 3.13. The maximum absolute atomic E-state index is 13.9. The highest BCUT2D eigenvalue weighted by molar-refractivity contribution is 5.67. The molecule has 0 amide bonds. The molecular weight excluding hydrogens is 354 g/mol. The monoisotopic (exact) mass is 372 g/mol. The predicted molar refractivity (Wildman–Crippen MR) is 99.2 cm³/mol. The molecule has 140 valence electrons. The van der Waals surface area contributed by atoms with Crippen LogP contribution in [-0.2, 0) is 0 Å². The van der Waals surface area contributed by atoms with Crippen LogP contribution in [-0.4, -0.2) is 24.2 Å². The van der Waals surface area contributed by atoms with Crippen LogP contribution in [0.4, 0.5) is 31.9 Å². The first-order chi connectivity index (χ1) is 13.0. The van der Waals surface area contributed by atoms with Crippen molar-refractivity contribution in [1.29, 1.82) is 0 Å². The van der Waals surface area contributed by atoms with Crippen molar-refractivity contribution < 1.29 is 18.3 Å². The first-order valence-corrected chi connectivity index (χ1v) is 8.05. The summed E-state index contributed by atoms with van der Waals surface area (Å²) < 4.78 is 37.5. The van der Waals surface area contributed by atoms with Crippen LogP contribution >= 0.6 is 0 Å². The van der Waals surface area contributed by atoms with Gasteiger partial charge in [-0.05, 0) is 31.2 Å². The Bertz CT molecular complexity index is 966. The lowest BCUT2D eigenvalue weighted by molar-refractivity contribution is 0.405. The van der Waals surface area contributed by atoms with E-state index in [9.17, 15) is 8.78 Å². The molecule has 27 heavy (non-hydrogen) atoms. The standard InChI is InChI=1S/C19H18F2N4O2/c1-11-8-18(23-16-10-13(26-2)5-7-17(16)27-3)25-19(22-11)24-15-6-4-12(20)9-14(15)21/h4-10H,1-3H3,(H2,22,23,24,25). The summed E-state index contributed by atoms with van der Waals surface area (Å²) in [5.74, 6) is 0.505. The van der Waals surface area contributed by atoms with E-state index < -0.39 is 11.6 Å². The second-order valence-electron chi connectivity index (χ2n) is 5.66. The van der Waals surface area contributed by atoms with E-state index >= 15 is 0 Å². The molecule has 1 aromatic heterocycles. The molecule has 2 N–H and O–H groups in total. The molecule has 0 aliphatic rings. The minimum absolute atomic E-state index is 0.0758. The number of rotatable bonds is 6. The first-order valence-electron chi connectivity index (χ1n) is 8.05. The molecule has 0 spiro atoms. The van der Waals surface area contributed by atoms with E-state index in [1.807, 2.05) is 0 Å². The van der Waals surface area contributed by atoms with E-state index in [1.54, 1.807) is 45.4 Å². The zero-order chi connectivity index (χ0) is 19.4. The lowest BCUT2D eigenvalue weighted by Gasteiger charge is -2.14. The van der Waals surface area contributed by atoms with Gasteiger partial charge in [-0.15, -0.1) is 0 Å². The molecule has 2 aromatic carbocycles. The Kier molecular flexibility index (Phi) is 5.35. The van der Waals surface area contributed by atoms with Gasteiger partial charge in [0.05, 0.1) is 25.6 Å². The summed E-state index contributed by atoms with van der Waals surface area (Å²) in [5, 5.41) is 5.90. The van der Waals surface area contributed by atoms with Gasteiger partial charge in [0, 0.05) is 23.9 Å². The van der Waals surface area contributed by atoms with Gasteiger partial charge < -0.3 is 20.1 Å². The SMILES string of the molecule is COc1ccc(OC)c(Nc2cc(C)nc(Nc3ccc(F)cc3F)n2)c1. The van der Waals surface area contributed by atoms with Crippen molar-refractivity contribution in [3.05, 3.63) is 59.8 Å². The topological polar surface area (TPSA) is 68.3 Å². The van der Waals surface area contributed by atoms with Crippen molar-refractivity contribution >= 4 is 23.1 Å². The lowest BCUT2D eigenvalue weighted by Crippen LogP contribution is -2.04. The number of nitrogens with zero attached hydrogens (tertiary/aromatic N) is 2. The average Bonchev–Trinajstić information content (AvgIpc) is 2.63. The number of hydrogen-bond acceptors (Lipinski definition) is 6. The molecule has 1 heterocycles. The number of aromatic nitrogens is 2. The second kappa shape index (κ2) is 7.86. The number of methoxy groups -OCH3 is 2. The molecule has 0 radical (unpaired) electrons. The quantitative estimate of drug-likeness (QED) is 0.661. The predicted octanol–water partition coefficient (Wildman–Crippen LogP) is 4.57. The Hall–Kier alpha value is -3.42. The summed E-state index contributed by atoms with van der Waals surface area (Å²) in [6, 6.07) is 10.3. The van der Waals surface area contributed by atoms with Crippen LogP contribution in [0.3, 0.4) is 0 Å². The molecule has 0 aliphatic heterocycles. The molecule has 0 saturated carbocycles. The number of nitrogens with one attached hydrogen (secondary N) is 2. The largest absolute Gasteiger partial charge is 0.497 e. The minimum Gasteiger partial charge on any atom is -0.497 e. The molecule has 8 heteroatoms. The highest BCUT2D eigenvalue weighted by Crippen LogP contribution is 2.31. The fourth-order valence-electron chi connectivity index (χ4n) is 2.45. The number of ether oxygens (including phenoxy) is 2. The molecule has 0 bridgehead atoms. The molecule has 0 saturated heterocycles. The van der Waals surface area contributed by atoms with Gasteiger partial charge in [-0.2, -0.15) is 4.98 Å². The second-order valence-corrected chi connectivity index (χ2v) is 5.66. The van der Waals surface area contributed by atoms with E-state index in [0.717, 1.165) is 12.1 Å². The van der Waals surface area contributed by atoms with Gasteiger partial charge in [0.2, 0.25) is 5.95 Å². The molecule has 0 atom stereocenters. The molecule has 0 aliphatic carbocycles. The number of hydrogen-bond donors (Lipinski definition) is 2. The number of halogens is 2. The van der Waals surface area contributed by atoms with Crippen LogP contribution in [0.2, 0.25) is 0 Å². The Labute approximate surface area is 155 Å². The normalized spacial score (nSPS) is 10.4. The van der Waals surface area contributed by atoms with E-state index in [1.165, 1.54) is 6.07 Å². The van der Waals surface area contributed by atoms with Gasteiger partial charge >= 0.3 is 0 Å². The molecule has 0 unspecified atom stereocenters. The molecule has 3 aromatic rings. The summed E-state index contributed by atoms with van der Waals surface area (Å²) in [6.45, 7) is 1.78. The Morgan fingerprint density at radius 3 is 2.37 bits per heavy atom. The highest BCUT2D eigenvalue weighted by Gasteiger charge is 2.10. The van der Waals surface area contributed by atoms with Crippen molar-refractivity contribution in [1.82, 2.24) is 9.97 Å². The highest BCUT2D eigenvalue weighted by atomic mass is 19.1. The molecule has 6 nitrogen and oxygen atoms in total. The van der Waals surface area contributed by atoms with Crippen LogP contribution < -0.4 is 20.1 Å². The Balaban J connectivity index is 1.90. The maximum atomic E-state index is 13.9. The van der Waals surface area contributed by atoms with Crippen molar-refractivity contribution in [2.45, 2.75) is 6.92 Å². The van der Waals surface area contributed by atoms with E-state index in [-0.39, 0.29) is 11.6 Å². The Morgan fingerprint density at radius 2 is 1.67 bits per heavy atom. The summed E-state index contributed by atoms with van der Waals surface area (Å²) in [4.78, 5) is 8.56. The first kappa shape index (κ1) is 18.4. The Morgan fingerprint density at radius 1 is 0.852 bits per heavy atom. The van der Waals surface area contributed by atoms with Gasteiger partial charge in [0.25, 0.3) is 0 Å². The van der Waals surface area contributed by atoms with Gasteiger partial charge in [-0.1, -0.05) is 0 Å². The lowest BCUT2D eigenvalue weighted by atomic mass is 10.2. The smallest absolute Gasteiger partial charge is 0.229 e. The summed E-state index contributed by atoms with van der Waals surface area (Å²) in [6.07, 6.45) is 0. The van der Waals surface area contributed by atoms with Gasteiger partial charge in [0.1, 0.15) is 29.0 Å². The molecule has 0 fully saturated rings. The van der Waals surface area contributed by atoms with E-state index in [4.69, 9.17) is 9.47 Å². The van der Waals surface area contributed by atoms with E-state index in [2.05, 4.69) is 20.6 Å². The molecule has 3 rings (SSSR count). The van der Waals surface area contributed by atoms with E-state index in [0.29, 0.717) is 28.7 Å². The van der Waals surface area contributed by atoms with Crippen LogP contribution in [0, 0.1) is 18.6 Å². The fourth-order valence-corrected chi connectivity index (χ4v) is 2.45. The summed E-state index contributed by atoms with van der Waals surface area (Å²) in [5.41, 5.74) is 1.38. The average molecular weight is 372 g/mol. The summed E-state index contributed by atoms with van der Waals surface area (Å²) >= 11 is 0. The third kappa shape index (κ3) is 4.41. The van der Waals surface area contributed by atoms with Crippen LogP contribution in [0.15, 0.2) is 42.5 Å². The van der Waals surface area contributed by atoms with Crippen molar-refractivity contribution in [2.24, 2.45) is 0 Å². The van der Waals surface area contributed by atoms with Crippen molar-refractivity contribution in [3.8, 4) is 11.5 Å². The minimum atomic E-state index is -0.732. The number of benzene rings is 2. The maximum Gasteiger partial charge on any atom is 0.229 e. The third-order valence-corrected chi connectivity index (χ3v) is 3.70. The van der Waals surface area contributed by atoms with Gasteiger partial charge in [0.15, 0.2) is 0 Å². The van der Waals surface area contributed by atoms with Gasteiger partial charge in [-0.25, -0.2) is 13.8 Å². The van der Waals surface area contributed by atoms with Crippen LogP contribution in [0.1, 0.15) is 5.69 Å². The van der Waals surface area contributed by atoms with Gasteiger partial charge in [-0.3, -0.25) is 0 Å². The number of anilines is 4. The molecular formula is C19H18F2N4O2. The van der Waals surface area contributed by atoms with Crippen LogP contribution in [0.25, 0.3) is 0 Å². The van der Waals surface area contributed by atoms with Crippen molar-refractivity contribution in [2.75, 3.05) is 24.9 Å². The van der Waals surface area contributed by atoms with Crippen LogP contribution in [0.5, 0.6) is 11.5 Å². The fraction of sp³-hybridized carbons (Fsp3) is 0.158. The zero-order valence-electron chi connectivity index (χ0n) is 15.0. The number of aryl methyl sites for hydroxylation is 1. The van der Waals surface area contributed by atoms with Crippen molar-refractivity contribution in [3.63, 3.8) is 0 Å². The zero-order valence-corrected chi connectivity index (χ0v) is 15.0.